The minimum absolute atomic E-state index is 0.0147. The molecule has 2 aromatic rings. The Morgan fingerprint density at radius 3 is 2.48 bits per heavy atom. The van der Waals surface area contributed by atoms with E-state index in [1.54, 1.807) is 36.4 Å². The number of urea groups is 1. The molecule has 0 unspecified atom stereocenters. The quantitative estimate of drug-likeness (QED) is 0.903. The van der Waals surface area contributed by atoms with Gasteiger partial charge in [-0.1, -0.05) is 18.2 Å². The van der Waals surface area contributed by atoms with Gasteiger partial charge in [-0.25, -0.2) is 9.59 Å². The Morgan fingerprint density at radius 2 is 1.86 bits per heavy atom. The largest absolute Gasteiger partial charge is 0.497 e. The van der Waals surface area contributed by atoms with Crippen LogP contribution >= 0.6 is 0 Å². The number of aromatic carboxylic acids is 1. The maximum absolute atomic E-state index is 11.8. The third-order valence-electron chi connectivity index (χ3n) is 2.91. The van der Waals surface area contributed by atoms with Crippen LogP contribution in [0.1, 0.15) is 10.4 Å². The normalized spacial score (nSPS) is 9.95. The van der Waals surface area contributed by atoms with Crippen LogP contribution in [0.15, 0.2) is 48.5 Å². The maximum atomic E-state index is 11.8. The van der Waals surface area contributed by atoms with Gasteiger partial charge >= 0.3 is 12.0 Å². The second kappa shape index (κ2) is 5.96. The third kappa shape index (κ3) is 2.94. The van der Waals surface area contributed by atoms with Gasteiger partial charge in [0.1, 0.15) is 5.75 Å². The number of benzene rings is 2. The van der Waals surface area contributed by atoms with Gasteiger partial charge in [-0.3, -0.25) is 4.90 Å². The molecule has 108 valence electrons. The molecule has 0 fully saturated rings. The fraction of sp³-hybridized carbons (Fsp3) is 0.0667. The average Bonchev–Trinajstić information content (AvgIpc) is 2.47. The fourth-order valence-electron chi connectivity index (χ4n) is 1.98. The number of primary amides is 1. The molecule has 0 aliphatic carbocycles. The zero-order valence-corrected chi connectivity index (χ0v) is 11.3. The number of nitrogens with two attached hydrogens (primary N) is 1. The van der Waals surface area contributed by atoms with E-state index in [0.29, 0.717) is 11.4 Å². The summed E-state index contributed by atoms with van der Waals surface area (Å²) in [5.41, 5.74) is 6.03. The van der Waals surface area contributed by atoms with Crippen molar-refractivity contribution in [3.63, 3.8) is 0 Å². The first kappa shape index (κ1) is 14.4. The van der Waals surface area contributed by atoms with Gasteiger partial charge in [0, 0.05) is 6.07 Å². The molecule has 0 atom stereocenters. The number of hydrogen-bond acceptors (Lipinski definition) is 3. The Balaban J connectivity index is 2.59. The van der Waals surface area contributed by atoms with Crippen LogP contribution in [0.4, 0.5) is 16.2 Å². The number of carboxylic acids is 1. The summed E-state index contributed by atoms with van der Waals surface area (Å²) in [6.07, 6.45) is 0. The van der Waals surface area contributed by atoms with Crippen molar-refractivity contribution in [2.75, 3.05) is 12.0 Å². The standard InChI is InChI=1S/C15H14N2O4/c1-21-11-6-4-5-10(9-11)17(15(16)20)13-8-3-2-7-12(13)14(18)19/h2-9H,1H3,(H2,16,20)(H,18,19). The molecule has 0 spiro atoms. The van der Waals surface area contributed by atoms with E-state index in [-0.39, 0.29) is 11.3 Å². The van der Waals surface area contributed by atoms with Gasteiger partial charge in [0.2, 0.25) is 0 Å². The summed E-state index contributed by atoms with van der Waals surface area (Å²) in [7, 11) is 1.50. The maximum Gasteiger partial charge on any atom is 0.337 e. The Morgan fingerprint density at radius 1 is 1.14 bits per heavy atom. The van der Waals surface area contributed by atoms with Crippen molar-refractivity contribution < 1.29 is 19.4 Å². The number of carbonyl (C=O) groups is 2. The van der Waals surface area contributed by atoms with E-state index in [1.807, 2.05) is 0 Å². The van der Waals surface area contributed by atoms with Crippen molar-refractivity contribution in [2.45, 2.75) is 0 Å². The Bertz CT molecular complexity index is 685. The van der Waals surface area contributed by atoms with Crippen LogP contribution in [-0.4, -0.2) is 24.2 Å². The van der Waals surface area contributed by atoms with Gasteiger partial charge in [-0.15, -0.1) is 0 Å². The highest BCUT2D eigenvalue weighted by molar-refractivity contribution is 6.05. The van der Waals surface area contributed by atoms with Crippen molar-refractivity contribution in [3.8, 4) is 5.75 Å². The molecule has 0 aromatic heterocycles. The molecule has 3 N–H and O–H groups in total. The molecule has 21 heavy (non-hydrogen) atoms. The molecule has 2 aromatic carbocycles. The molecule has 2 amide bonds. The number of rotatable bonds is 4. The van der Waals surface area contributed by atoms with E-state index in [4.69, 9.17) is 10.5 Å². The lowest BCUT2D eigenvalue weighted by atomic mass is 10.1. The van der Waals surface area contributed by atoms with Crippen LogP contribution in [0.25, 0.3) is 0 Å². The number of carboxylic acid groups (broad SMARTS) is 1. The van der Waals surface area contributed by atoms with E-state index in [1.165, 1.54) is 19.2 Å². The second-order valence-electron chi connectivity index (χ2n) is 4.20. The first-order valence-electron chi connectivity index (χ1n) is 6.10. The lowest BCUT2D eigenvalue weighted by Gasteiger charge is -2.22. The lowest BCUT2D eigenvalue weighted by molar-refractivity contribution is 0.0698. The van der Waals surface area contributed by atoms with Crippen LogP contribution in [0.2, 0.25) is 0 Å². The predicted octanol–water partition coefficient (Wildman–Crippen LogP) is 2.61. The smallest absolute Gasteiger partial charge is 0.337 e. The van der Waals surface area contributed by atoms with E-state index < -0.39 is 12.0 Å². The number of ether oxygens (including phenoxy) is 1. The highest BCUT2D eigenvalue weighted by atomic mass is 16.5. The zero-order valence-electron chi connectivity index (χ0n) is 11.3. The number of amides is 2. The Kier molecular flexibility index (Phi) is 4.08. The number of anilines is 2. The minimum atomic E-state index is -1.14. The lowest BCUT2D eigenvalue weighted by Crippen LogP contribution is -2.32. The van der Waals surface area contributed by atoms with Gasteiger partial charge in [-0.2, -0.15) is 0 Å². The molecule has 2 rings (SSSR count). The van der Waals surface area contributed by atoms with E-state index in [2.05, 4.69) is 0 Å². The summed E-state index contributed by atoms with van der Waals surface area (Å²) < 4.78 is 5.10. The Hall–Kier alpha value is -3.02. The van der Waals surface area contributed by atoms with Crippen molar-refractivity contribution in [2.24, 2.45) is 5.73 Å². The number of methoxy groups -OCH3 is 1. The monoisotopic (exact) mass is 286 g/mol. The minimum Gasteiger partial charge on any atom is -0.497 e. The SMILES string of the molecule is COc1cccc(N(C(N)=O)c2ccccc2C(=O)O)c1. The molecule has 6 nitrogen and oxygen atoms in total. The first-order chi connectivity index (χ1) is 10.0. The number of nitrogens with zero attached hydrogens (tertiary/aromatic N) is 1. The molecule has 0 heterocycles. The summed E-state index contributed by atoms with van der Waals surface area (Å²) in [6, 6.07) is 12.0. The van der Waals surface area contributed by atoms with Gasteiger partial charge in [0.05, 0.1) is 24.0 Å². The van der Waals surface area contributed by atoms with Gasteiger partial charge in [0.25, 0.3) is 0 Å². The molecule has 0 aliphatic heterocycles. The van der Waals surface area contributed by atoms with Crippen LogP contribution in [0.3, 0.4) is 0 Å². The fourth-order valence-corrected chi connectivity index (χ4v) is 1.98. The van der Waals surface area contributed by atoms with Crippen LogP contribution < -0.4 is 15.4 Å². The van der Waals surface area contributed by atoms with Gasteiger partial charge in [0.15, 0.2) is 0 Å². The van der Waals surface area contributed by atoms with Crippen molar-refractivity contribution in [3.05, 3.63) is 54.1 Å². The molecule has 0 saturated heterocycles. The topological polar surface area (TPSA) is 92.9 Å². The van der Waals surface area contributed by atoms with Crippen molar-refractivity contribution in [1.82, 2.24) is 0 Å². The average molecular weight is 286 g/mol. The summed E-state index contributed by atoms with van der Waals surface area (Å²) >= 11 is 0. The molecule has 0 aliphatic rings. The molecular weight excluding hydrogens is 272 g/mol. The molecular formula is C15H14N2O4. The van der Waals surface area contributed by atoms with Crippen LogP contribution in [0, 0.1) is 0 Å². The number of carbonyl (C=O) groups excluding carboxylic acids is 1. The van der Waals surface area contributed by atoms with Gasteiger partial charge in [-0.05, 0) is 24.3 Å². The van der Waals surface area contributed by atoms with Crippen LogP contribution in [0.5, 0.6) is 5.75 Å². The molecule has 0 radical (unpaired) electrons. The first-order valence-corrected chi connectivity index (χ1v) is 6.10. The van der Waals surface area contributed by atoms with Crippen molar-refractivity contribution >= 4 is 23.4 Å². The highest BCUT2D eigenvalue weighted by Crippen LogP contribution is 2.30. The molecule has 6 heteroatoms. The van der Waals surface area contributed by atoms with Crippen molar-refractivity contribution in [1.29, 1.82) is 0 Å². The number of para-hydroxylation sites is 1. The highest BCUT2D eigenvalue weighted by Gasteiger charge is 2.21. The third-order valence-corrected chi connectivity index (χ3v) is 2.91. The Labute approximate surface area is 121 Å². The van der Waals surface area contributed by atoms with Gasteiger partial charge < -0.3 is 15.6 Å². The van der Waals surface area contributed by atoms with E-state index in [9.17, 15) is 14.7 Å². The molecule has 0 bridgehead atoms. The summed E-state index contributed by atoms with van der Waals surface area (Å²) in [5, 5.41) is 9.24. The summed E-state index contributed by atoms with van der Waals surface area (Å²) in [5.74, 6) is -0.605. The zero-order chi connectivity index (χ0) is 15.4. The van der Waals surface area contributed by atoms with E-state index in [0.717, 1.165) is 4.90 Å². The second-order valence-corrected chi connectivity index (χ2v) is 4.20. The molecule has 0 saturated carbocycles. The summed E-state index contributed by atoms with van der Waals surface area (Å²) in [4.78, 5) is 24.2. The predicted molar refractivity (Wildman–Crippen MR) is 78.1 cm³/mol. The summed E-state index contributed by atoms with van der Waals surface area (Å²) in [6.45, 7) is 0. The number of hydrogen-bond donors (Lipinski definition) is 2. The van der Waals surface area contributed by atoms with Crippen LogP contribution in [-0.2, 0) is 0 Å². The van der Waals surface area contributed by atoms with E-state index >= 15 is 0 Å².